The van der Waals surface area contributed by atoms with Crippen LogP contribution < -0.4 is 4.72 Å². The van der Waals surface area contributed by atoms with Crippen LogP contribution in [0.3, 0.4) is 0 Å². The molecular weight excluding hydrogens is 280 g/mol. The van der Waals surface area contributed by atoms with Crippen LogP contribution in [0.15, 0.2) is 29.2 Å². The number of nitrogens with zero attached hydrogens (tertiary/aromatic N) is 1. The molecule has 2 N–H and O–H groups in total. The minimum atomic E-state index is -3.83. The van der Waals surface area contributed by atoms with Gasteiger partial charge in [-0.3, -0.25) is 0 Å². The molecule has 0 aliphatic carbocycles. The largest absolute Gasteiger partial charge is 0.389 e. The molecule has 0 saturated heterocycles. The standard InChI is InChI=1S/C13H18N2O4S/c1-13(16,7-8-19-2)10-15-20(17,18)12-6-4-3-5-11(12)9-14/h3-6,15-16H,7-8,10H2,1-2H3. The summed E-state index contributed by atoms with van der Waals surface area (Å²) in [5.74, 6) is 0. The van der Waals surface area contributed by atoms with E-state index in [-0.39, 0.29) is 17.0 Å². The van der Waals surface area contributed by atoms with E-state index in [0.29, 0.717) is 13.0 Å². The molecule has 0 spiro atoms. The van der Waals surface area contributed by atoms with Gasteiger partial charge in [0.2, 0.25) is 10.0 Å². The average molecular weight is 298 g/mol. The Kier molecular flexibility index (Phi) is 5.65. The molecule has 1 rings (SSSR count). The first kappa shape index (κ1) is 16.6. The summed E-state index contributed by atoms with van der Waals surface area (Å²) in [6.07, 6.45) is 0.298. The number of hydrogen-bond acceptors (Lipinski definition) is 5. The Morgan fingerprint density at radius 2 is 2.10 bits per heavy atom. The summed E-state index contributed by atoms with van der Waals surface area (Å²) in [6.45, 7) is 1.69. The van der Waals surface area contributed by atoms with Crippen LogP contribution in [-0.2, 0) is 14.8 Å². The fourth-order valence-electron chi connectivity index (χ4n) is 1.53. The second kappa shape index (κ2) is 6.81. The molecule has 20 heavy (non-hydrogen) atoms. The van der Waals surface area contributed by atoms with Gasteiger partial charge in [-0.1, -0.05) is 12.1 Å². The van der Waals surface area contributed by atoms with Crippen LogP contribution in [0.1, 0.15) is 18.9 Å². The van der Waals surface area contributed by atoms with Crippen LogP contribution in [-0.4, -0.2) is 39.4 Å². The number of nitrogens with one attached hydrogen (secondary N) is 1. The molecule has 1 aromatic carbocycles. The van der Waals surface area contributed by atoms with Gasteiger partial charge in [0, 0.05) is 26.7 Å². The van der Waals surface area contributed by atoms with Gasteiger partial charge in [-0.25, -0.2) is 13.1 Å². The Hall–Kier alpha value is -1.46. The highest BCUT2D eigenvalue weighted by Gasteiger charge is 2.25. The quantitative estimate of drug-likeness (QED) is 0.769. The van der Waals surface area contributed by atoms with E-state index < -0.39 is 15.6 Å². The molecule has 0 aliphatic heterocycles. The summed E-state index contributed by atoms with van der Waals surface area (Å²) >= 11 is 0. The fourth-order valence-corrected chi connectivity index (χ4v) is 2.85. The zero-order valence-corrected chi connectivity index (χ0v) is 12.3. The van der Waals surface area contributed by atoms with Crippen molar-refractivity contribution in [3.63, 3.8) is 0 Å². The van der Waals surface area contributed by atoms with Crippen LogP contribution in [0.25, 0.3) is 0 Å². The van der Waals surface area contributed by atoms with E-state index in [9.17, 15) is 13.5 Å². The van der Waals surface area contributed by atoms with Crippen molar-refractivity contribution < 1.29 is 18.3 Å². The Bertz CT molecular complexity index is 591. The van der Waals surface area contributed by atoms with Gasteiger partial charge in [-0.2, -0.15) is 5.26 Å². The van der Waals surface area contributed by atoms with E-state index in [1.807, 2.05) is 6.07 Å². The topological polar surface area (TPSA) is 99.4 Å². The van der Waals surface area contributed by atoms with Gasteiger partial charge in [0.15, 0.2) is 0 Å². The third-order valence-corrected chi connectivity index (χ3v) is 4.24. The van der Waals surface area contributed by atoms with Gasteiger partial charge in [0.05, 0.1) is 16.1 Å². The SMILES string of the molecule is COCCC(C)(O)CNS(=O)(=O)c1ccccc1C#N. The van der Waals surface area contributed by atoms with Gasteiger partial charge >= 0.3 is 0 Å². The Morgan fingerprint density at radius 1 is 1.45 bits per heavy atom. The Balaban J connectivity index is 2.84. The number of hydrogen-bond donors (Lipinski definition) is 2. The van der Waals surface area contributed by atoms with Crippen LogP contribution in [0.2, 0.25) is 0 Å². The summed E-state index contributed by atoms with van der Waals surface area (Å²) in [7, 11) is -2.33. The highest BCUT2D eigenvalue weighted by Crippen LogP contribution is 2.15. The van der Waals surface area contributed by atoms with Crippen molar-refractivity contribution >= 4 is 10.0 Å². The molecule has 1 unspecified atom stereocenters. The Labute approximate surface area is 119 Å². The fraction of sp³-hybridized carbons (Fsp3) is 0.462. The first-order chi connectivity index (χ1) is 9.32. The molecule has 6 nitrogen and oxygen atoms in total. The van der Waals surface area contributed by atoms with Crippen molar-refractivity contribution in [1.29, 1.82) is 5.26 Å². The van der Waals surface area contributed by atoms with Crippen molar-refractivity contribution in [1.82, 2.24) is 4.72 Å². The number of nitriles is 1. The van der Waals surface area contributed by atoms with E-state index in [0.717, 1.165) is 0 Å². The highest BCUT2D eigenvalue weighted by molar-refractivity contribution is 7.89. The van der Waals surface area contributed by atoms with E-state index in [1.54, 1.807) is 12.1 Å². The number of ether oxygens (including phenoxy) is 1. The van der Waals surface area contributed by atoms with Crippen LogP contribution in [0.4, 0.5) is 0 Å². The second-order valence-corrected chi connectivity index (χ2v) is 6.41. The van der Waals surface area contributed by atoms with Crippen molar-refractivity contribution in [2.45, 2.75) is 23.8 Å². The summed E-state index contributed by atoms with van der Waals surface area (Å²) in [5, 5.41) is 18.9. The molecule has 0 aliphatic rings. The van der Waals surface area contributed by atoms with Crippen LogP contribution in [0.5, 0.6) is 0 Å². The molecule has 0 heterocycles. The van der Waals surface area contributed by atoms with E-state index in [4.69, 9.17) is 10.00 Å². The molecular formula is C13H18N2O4S. The van der Waals surface area contributed by atoms with E-state index in [2.05, 4.69) is 4.72 Å². The summed E-state index contributed by atoms with van der Waals surface area (Å²) < 4.78 is 31.4. The minimum absolute atomic E-state index is 0.0662. The lowest BCUT2D eigenvalue weighted by atomic mass is 10.0. The van der Waals surface area contributed by atoms with Crippen molar-refractivity contribution in [2.24, 2.45) is 0 Å². The van der Waals surface area contributed by atoms with Gasteiger partial charge in [-0.05, 0) is 19.1 Å². The maximum Gasteiger partial charge on any atom is 0.241 e. The van der Waals surface area contributed by atoms with E-state index in [1.165, 1.54) is 26.2 Å². The van der Waals surface area contributed by atoms with Crippen LogP contribution >= 0.6 is 0 Å². The predicted octanol–water partition coefficient (Wildman–Crippen LogP) is 0.624. The third kappa shape index (κ3) is 4.58. The molecule has 0 radical (unpaired) electrons. The van der Waals surface area contributed by atoms with Gasteiger partial charge in [-0.15, -0.1) is 0 Å². The normalized spacial score (nSPS) is 14.5. The molecule has 0 fully saturated rings. The number of sulfonamides is 1. The van der Waals surface area contributed by atoms with Crippen LogP contribution in [0, 0.1) is 11.3 Å². The molecule has 0 amide bonds. The molecule has 0 saturated carbocycles. The van der Waals surface area contributed by atoms with Crippen molar-refractivity contribution in [3.05, 3.63) is 29.8 Å². The zero-order chi connectivity index (χ0) is 15.2. The lowest BCUT2D eigenvalue weighted by Gasteiger charge is -2.23. The monoisotopic (exact) mass is 298 g/mol. The molecule has 0 aromatic heterocycles. The number of benzene rings is 1. The number of methoxy groups -OCH3 is 1. The number of aliphatic hydroxyl groups is 1. The Morgan fingerprint density at radius 3 is 2.70 bits per heavy atom. The van der Waals surface area contributed by atoms with Gasteiger partial charge < -0.3 is 9.84 Å². The van der Waals surface area contributed by atoms with Gasteiger partial charge in [0.25, 0.3) is 0 Å². The lowest BCUT2D eigenvalue weighted by molar-refractivity contribution is 0.0292. The maximum atomic E-state index is 12.1. The highest BCUT2D eigenvalue weighted by atomic mass is 32.2. The van der Waals surface area contributed by atoms with E-state index >= 15 is 0 Å². The molecule has 1 atom stereocenters. The predicted molar refractivity (Wildman–Crippen MR) is 73.5 cm³/mol. The summed E-state index contributed by atoms with van der Waals surface area (Å²) in [6, 6.07) is 7.74. The smallest absolute Gasteiger partial charge is 0.241 e. The van der Waals surface area contributed by atoms with Crippen molar-refractivity contribution in [3.8, 4) is 6.07 Å². The molecule has 0 bridgehead atoms. The average Bonchev–Trinajstić information content (AvgIpc) is 2.43. The molecule has 110 valence electrons. The zero-order valence-electron chi connectivity index (χ0n) is 11.5. The summed E-state index contributed by atoms with van der Waals surface area (Å²) in [4.78, 5) is -0.0926. The van der Waals surface area contributed by atoms with Crippen molar-refractivity contribution in [2.75, 3.05) is 20.3 Å². The van der Waals surface area contributed by atoms with Gasteiger partial charge in [0.1, 0.15) is 6.07 Å². The first-order valence-electron chi connectivity index (χ1n) is 6.02. The number of rotatable bonds is 7. The third-order valence-electron chi connectivity index (χ3n) is 2.78. The first-order valence-corrected chi connectivity index (χ1v) is 7.51. The summed E-state index contributed by atoms with van der Waals surface area (Å²) in [5.41, 5.74) is -1.15. The maximum absolute atomic E-state index is 12.1. The molecule has 1 aromatic rings. The molecule has 7 heteroatoms. The second-order valence-electron chi connectivity index (χ2n) is 4.67. The minimum Gasteiger partial charge on any atom is -0.389 e. The lowest BCUT2D eigenvalue weighted by Crippen LogP contribution is -2.41.